The summed E-state index contributed by atoms with van der Waals surface area (Å²) >= 11 is 7.05. The van der Waals surface area contributed by atoms with Crippen molar-refractivity contribution in [2.24, 2.45) is 5.84 Å². The van der Waals surface area contributed by atoms with Gasteiger partial charge in [0.1, 0.15) is 0 Å². The lowest BCUT2D eigenvalue weighted by Crippen LogP contribution is -2.29. The maximum Gasteiger partial charge on any atom is 0.0573 e. The average Bonchev–Trinajstić information content (AvgIpc) is 2.77. The van der Waals surface area contributed by atoms with E-state index >= 15 is 0 Å². The monoisotopic (exact) mass is 342 g/mol. The molecule has 0 radical (unpaired) electrons. The molecule has 3 N–H and O–H groups in total. The van der Waals surface area contributed by atoms with Crippen molar-refractivity contribution in [1.29, 1.82) is 0 Å². The van der Waals surface area contributed by atoms with Gasteiger partial charge in [-0.05, 0) is 45.9 Å². The lowest BCUT2D eigenvalue weighted by molar-refractivity contribution is 0.610. The molecule has 0 aliphatic heterocycles. The van der Waals surface area contributed by atoms with Crippen LogP contribution in [0.4, 0.5) is 0 Å². The number of halogens is 1. The molecular formula is C13H15BrN2S2. The Labute approximate surface area is 124 Å². The van der Waals surface area contributed by atoms with Gasteiger partial charge in [-0.1, -0.05) is 17.7 Å². The van der Waals surface area contributed by atoms with Gasteiger partial charge in [0.05, 0.1) is 6.04 Å². The second kappa shape index (κ2) is 6.73. The molecule has 0 aliphatic carbocycles. The Hall–Kier alpha value is -0.330. The number of thioether (sulfide) groups is 1. The van der Waals surface area contributed by atoms with Gasteiger partial charge in [0.15, 0.2) is 0 Å². The van der Waals surface area contributed by atoms with Crippen molar-refractivity contribution < 1.29 is 0 Å². The van der Waals surface area contributed by atoms with Gasteiger partial charge in [-0.15, -0.1) is 11.8 Å². The SMILES string of the molecule is Cc1cccc(SCC(NN)c2cscc2Br)c1. The summed E-state index contributed by atoms with van der Waals surface area (Å²) in [6, 6.07) is 8.69. The fourth-order valence-corrected chi connectivity index (χ4v) is 4.36. The maximum absolute atomic E-state index is 5.65. The smallest absolute Gasteiger partial charge is 0.0573 e. The lowest BCUT2D eigenvalue weighted by atomic mass is 10.2. The molecule has 2 rings (SSSR count). The molecule has 1 unspecified atom stereocenters. The van der Waals surface area contributed by atoms with E-state index in [1.165, 1.54) is 16.0 Å². The van der Waals surface area contributed by atoms with Gasteiger partial charge in [-0.2, -0.15) is 11.3 Å². The van der Waals surface area contributed by atoms with Crippen molar-refractivity contribution in [3.05, 3.63) is 50.6 Å². The summed E-state index contributed by atoms with van der Waals surface area (Å²) < 4.78 is 1.13. The summed E-state index contributed by atoms with van der Waals surface area (Å²) in [5, 5.41) is 4.21. The molecule has 1 aromatic heterocycles. The minimum atomic E-state index is 0.163. The molecule has 0 saturated heterocycles. The standard InChI is InChI=1S/C13H15BrN2S2/c1-9-3-2-4-10(5-9)18-8-13(16-15)11-6-17-7-12(11)14/h2-7,13,16H,8,15H2,1H3. The zero-order chi connectivity index (χ0) is 13.0. The van der Waals surface area contributed by atoms with Crippen molar-refractivity contribution in [2.45, 2.75) is 17.9 Å². The fraction of sp³-hybridized carbons (Fsp3) is 0.231. The number of hydrazine groups is 1. The predicted molar refractivity (Wildman–Crippen MR) is 84.0 cm³/mol. The number of rotatable bonds is 5. The lowest BCUT2D eigenvalue weighted by Gasteiger charge is -2.15. The summed E-state index contributed by atoms with van der Waals surface area (Å²) in [4.78, 5) is 1.28. The molecule has 0 saturated carbocycles. The van der Waals surface area contributed by atoms with E-state index in [0.29, 0.717) is 0 Å². The van der Waals surface area contributed by atoms with E-state index in [2.05, 4.69) is 63.3 Å². The average molecular weight is 343 g/mol. The van der Waals surface area contributed by atoms with Crippen LogP contribution in [0.1, 0.15) is 17.2 Å². The molecule has 1 aromatic carbocycles. The number of hydrogen-bond donors (Lipinski definition) is 2. The maximum atomic E-state index is 5.65. The van der Waals surface area contributed by atoms with Crippen LogP contribution in [0.5, 0.6) is 0 Å². The van der Waals surface area contributed by atoms with Crippen molar-refractivity contribution in [3.8, 4) is 0 Å². The van der Waals surface area contributed by atoms with Crippen molar-refractivity contribution in [1.82, 2.24) is 5.43 Å². The normalized spacial score (nSPS) is 12.6. The fourth-order valence-electron chi connectivity index (χ4n) is 1.65. The number of aryl methyl sites for hydroxylation is 1. The molecule has 2 nitrogen and oxygen atoms in total. The topological polar surface area (TPSA) is 38.0 Å². The van der Waals surface area contributed by atoms with E-state index in [-0.39, 0.29) is 6.04 Å². The number of thiophene rings is 1. The third kappa shape index (κ3) is 3.59. The Balaban J connectivity index is 2.02. The van der Waals surface area contributed by atoms with E-state index in [1.54, 1.807) is 11.3 Å². The van der Waals surface area contributed by atoms with Crippen LogP contribution < -0.4 is 11.3 Å². The van der Waals surface area contributed by atoms with Gasteiger partial charge in [-0.25, -0.2) is 0 Å². The quantitative estimate of drug-likeness (QED) is 0.487. The highest BCUT2D eigenvalue weighted by Crippen LogP contribution is 2.31. The summed E-state index contributed by atoms with van der Waals surface area (Å²) in [5.41, 5.74) is 5.40. The molecule has 1 atom stereocenters. The molecule has 1 heterocycles. The number of hydrogen-bond acceptors (Lipinski definition) is 4. The van der Waals surface area contributed by atoms with Crippen LogP contribution in [0.2, 0.25) is 0 Å². The summed E-state index contributed by atoms with van der Waals surface area (Å²) in [6.07, 6.45) is 0. The van der Waals surface area contributed by atoms with Crippen LogP contribution >= 0.6 is 39.0 Å². The van der Waals surface area contributed by atoms with Crippen LogP contribution in [0.3, 0.4) is 0 Å². The van der Waals surface area contributed by atoms with Crippen LogP contribution in [-0.4, -0.2) is 5.75 Å². The number of benzene rings is 1. The Kier molecular flexibility index (Phi) is 5.26. The van der Waals surface area contributed by atoms with E-state index in [1.807, 2.05) is 11.8 Å². The molecule has 5 heteroatoms. The molecule has 0 amide bonds. The minimum Gasteiger partial charge on any atom is -0.271 e. The predicted octanol–water partition coefficient (Wildman–Crippen LogP) is 4.12. The molecule has 0 spiro atoms. The molecule has 96 valence electrons. The van der Waals surface area contributed by atoms with Crippen LogP contribution in [0, 0.1) is 6.92 Å². The van der Waals surface area contributed by atoms with Crippen molar-refractivity contribution in [3.63, 3.8) is 0 Å². The molecule has 0 fully saturated rings. The van der Waals surface area contributed by atoms with Gasteiger partial charge in [0, 0.05) is 20.5 Å². The third-order valence-corrected chi connectivity index (χ3v) is 5.46. The number of nitrogens with two attached hydrogens (primary N) is 1. The summed E-state index contributed by atoms with van der Waals surface area (Å²) in [5.74, 6) is 6.56. The second-order valence-corrected chi connectivity index (χ2v) is 6.71. The Morgan fingerprint density at radius 2 is 2.28 bits per heavy atom. The largest absolute Gasteiger partial charge is 0.271 e. The molecule has 18 heavy (non-hydrogen) atoms. The molecular weight excluding hydrogens is 328 g/mol. The van der Waals surface area contributed by atoms with Gasteiger partial charge in [-0.3, -0.25) is 11.3 Å². The van der Waals surface area contributed by atoms with Gasteiger partial charge in [0.2, 0.25) is 0 Å². The first-order chi connectivity index (χ1) is 8.70. The highest BCUT2D eigenvalue weighted by atomic mass is 79.9. The third-order valence-electron chi connectivity index (χ3n) is 2.63. The van der Waals surface area contributed by atoms with E-state index in [0.717, 1.165) is 10.2 Å². The van der Waals surface area contributed by atoms with Crippen LogP contribution in [0.25, 0.3) is 0 Å². The molecule has 0 aliphatic rings. The van der Waals surface area contributed by atoms with E-state index in [9.17, 15) is 0 Å². The second-order valence-electron chi connectivity index (χ2n) is 4.02. The number of nitrogens with one attached hydrogen (secondary N) is 1. The first-order valence-corrected chi connectivity index (χ1v) is 8.30. The highest BCUT2D eigenvalue weighted by Gasteiger charge is 2.14. The van der Waals surface area contributed by atoms with E-state index in [4.69, 9.17) is 5.84 Å². The summed E-state index contributed by atoms with van der Waals surface area (Å²) in [7, 11) is 0. The van der Waals surface area contributed by atoms with Crippen LogP contribution in [-0.2, 0) is 0 Å². The highest BCUT2D eigenvalue weighted by molar-refractivity contribution is 9.10. The summed E-state index contributed by atoms with van der Waals surface area (Å²) in [6.45, 7) is 2.11. The first-order valence-electron chi connectivity index (χ1n) is 5.58. The molecule has 2 aromatic rings. The Morgan fingerprint density at radius 1 is 1.44 bits per heavy atom. The zero-order valence-corrected chi connectivity index (χ0v) is 13.2. The van der Waals surface area contributed by atoms with Crippen molar-refractivity contribution in [2.75, 3.05) is 5.75 Å². The molecule has 0 bridgehead atoms. The first kappa shape index (κ1) is 14.1. The Morgan fingerprint density at radius 3 is 2.89 bits per heavy atom. The Bertz CT molecular complexity index is 513. The minimum absolute atomic E-state index is 0.163. The van der Waals surface area contributed by atoms with Crippen molar-refractivity contribution >= 4 is 39.0 Å². The van der Waals surface area contributed by atoms with E-state index < -0.39 is 0 Å². The zero-order valence-electron chi connectivity index (χ0n) is 10.0. The van der Waals surface area contributed by atoms with Gasteiger partial charge in [0.25, 0.3) is 0 Å². The van der Waals surface area contributed by atoms with Gasteiger partial charge < -0.3 is 0 Å². The van der Waals surface area contributed by atoms with Crippen LogP contribution in [0.15, 0.2) is 44.4 Å². The van der Waals surface area contributed by atoms with Gasteiger partial charge >= 0.3 is 0 Å².